The largest absolute Gasteiger partial charge is 0.416 e. The number of para-hydroxylation sites is 1. The highest BCUT2D eigenvalue weighted by atomic mass is 19.4. The van der Waals surface area contributed by atoms with Gasteiger partial charge in [-0.25, -0.2) is 4.98 Å². The molecule has 2 aliphatic carbocycles. The first-order chi connectivity index (χ1) is 29.0. The smallest absolute Gasteiger partial charge is 0.307 e. The molecule has 0 saturated carbocycles. The number of nitriles is 1. The van der Waals surface area contributed by atoms with Crippen molar-refractivity contribution in [2.45, 2.75) is 46.7 Å². The van der Waals surface area contributed by atoms with Crippen LogP contribution >= 0.6 is 0 Å². The van der Waals surface area contributed by atoms with E-state index in [-0.39, 0.29) is 11.1 Å². The van der Waals surface area contributed by atoms with Crippen LogP contribution in [0.25, 0.3) is 78.1 Å². The summed E-state index contributed by atoms with van der Waals surface area (Å²) in [6.07, 6.45) is 9.28. The van der Waals surface area contributed by atoms with Crippen LogP contribution in [0.5, 0.6) is 0 Å². The standard InChI is InChI=1S/C53H39F3N4/c1-31-13-17-40(33(3)21-31)36-15-19-44-42-9-5-7-11-47(42)59(49(44)26-36)51-30-58-52(28-46(51)38-23-35(29-57)24-39(25-38)53(54,55)56)60-48-12-8-6-10-43(48)45-20-16-37(27-50(45)60)41-18-14-32(2)22-34(41)4/h5-8,10-16,18-28,30H,9,17H2,1-4H3. The van der Waals surface area contributed by atoms with Crippen molar-refractivity contribution in [2.24, 2.45) is 0 Å². The first-order valence-corrected chi connectivity index (χ1v) is 20.1. The third kappa shape index (κ3) is 6.10. The van der Waals surface area contributed by atoms with Gasteiger partial charge in [0.15, 0.2) is 0 Å². The van der Waals surface area contributed by atoms with Crippen LogP contribution in [0.3, 0.4) is 0 Å². The Kier molecular flexibility index (Phi) is 8.66. The van der Waals surface area contributed by atoms with Crippen molar-refractivity contribution in [3.63, 3.8) is 0 Å². The number of halogens is 3. The van der Waals surface area contributed by atoms with Gasteiger partial charge in [-0.05, 0) is 133 Å². The summed E-state index contributed by atoms with van der Waals surface area (Å²) < 4.78 is 48.1. The third-order valence-electron chi connectivity index (χ3n) is 12.1. The number of hydrogen-bond acceptors (Lipinski definition) is 2. The number of fused-ring (bicyclic) bond motifs is 6. The number of alkyl halides is 3. The van der Waals surface area contributed by atoms with Gasteiger partial charge in [-0.15, -0.1) is 0 Å². The fourth-order valence-electron chi connectivity index (χ4n) is 9.32. The van der Waals surface area contributed by atoms with Gasteiger partial charge in [0.2, 0.25) is 0 Å². The van der Waals surface area contributed by atoms with E-state index in [0.717, 1.165) is 84.1 Å². The zero-order valence-corrected chi connectivity index (χ0v) is 33.6. The number of aromatic nitrogens is 3. The van der Waals surface area contributed by atoms with E-state index >= 15 is 0 Å². The van der Waals surface area contributed by atoms with Gasteiger partial charge < -0.3 is 4.57 Å². The van der Waals surface area contributed by atoms with Gasteiger partial charge in [0.05, 0.1) is 51.0 Å². The number of aryl methyl sites for hydroxylation is 2. The predicted octanol–water partition coefficient (Wildman–Crippen LogP) is 12.3. The average molecular weight is 789 g/mol. The molecule has 3 heterocycles. The van der Waals surface area contributed by atoms with E-state index in [2.05, 4.69) is 122 Å². The van der Waals surface area contributed by atoms with Crippen molar-refractivity contribution in [1.29, 1.82) is 5.26 Å². The number of nitrogens with zero attached hydrogens (tertiary/aromatic N) is 4. The van der Waals surface area contributed by atoms with Crippen LogP contribution in [0.4, 0.5) is 13.2 Å². The maximum Gasteiger partial charge on any atom is 0.416 e. The van der Waals surface area contributed by atoms with Crippen LogP contribution in [0.2, 0.25) is 0 Å². The normalized spacial score (nSPS) is 14.9. The van der Waals surface area contributed by atoms with Gasteiger partial charge in [-0.1, -0.05) is 96.1 Å². The van der Waals surface area contributed by atoms with E-state index in [4.69, 9.17) is 4.98 Å². The first kappa shape index (κ1) is 37.1. The van der Waals surface area contributed by atoms with Crippen LogP contribution in [0.15, 0.2) is 145 Å². The molecule has 5 aromatic carbocycles. The summed E-state index contributed by atoms with van der Waals surface area (Å²) in [4.78, 5) is 5.20. The van der Waals surface area contributed by atoms with E-state index in [0.29, 0.717) is 23.5 Å². The van der Waals surface area contributed by atoms with Crippen molar-refractivity contribution in [1.82, 2.24) is 14.1 Å². The lowest BCUT2D eigenvalue weighted by molar-refractivity contribution is -0.137. The lowest BCUT2D eigenvalue weighted by Gasteiger charge is -2.18. The number of benzene rings is 5. The molecule has 0 N–H and O–H groups in total. The third-order valence-corrected chi connectivity index (χ3v) is 12.1. The number of allylic oxidation sites excluding steroid dienone is 6. The minimum atomic E-state index is -4.67. The van der Waals surface area contributed by atoms with Crippen molar-refractivity contribution < 1.29 is 13.2 Å². The Morgan fingerprint density at radius 2 is 1.52 bits per heavy atom. The van der Waals surface area contributed by atoms with Crippen LogP contribution in [-0.4, -0.2) is 14.1 Å². The molecule has 10 rings (SSSR count). The molecule has 4 nitrogen and oxygen atoms in total. The average Bonchev–Trinajstić information content (AvgIpc) is 3.75. The Morgan fingerprint density at radius 1 is 0.717 bits per heavy atom. The molecule has 292 valence electrons. The molecule has 0 aliphatic heterocycles. The van der Waals surface area contributed by atoms with Crippen LogP contribution in [0, 0.1) is 25.2 Å². The summed E-state index contributed by atoms with van der Waals surface area (Å²) in [7, 11) is 0. The maximum absolute atomic E-state index is 14.6. The van der Waals surface area contributed by atoms with Crippen LogP contribution in [-0.2, 0) is 12.6 Å². The topological polar surface area (TPSA) is 46.5 Å². The maximum atomic E-state index is 14.6. The second-order valence-electron chi connectivity index (χ2n) is 16.1. The number of pyridine rings is 1. The van der Waals surface area contributed by atoms with E-state index < -0.39 is 11.7 Å². The summed E-state index contributed by atoms with van der Waals surface area (Å²) in [5, 5.41) is 15.2. The molecule has 3 aromatic heterocycles. The summed E-state index contributed by atoms with van der Waals surface area (Å²) in [6.45, 7) is 8.45. The van der Waals surface area contributed by atoms with Gasteiger partial charge in [-0.3, -0.25) is 4.57 Å². The molecular weight excluding hydrogens is 750 g/mol. The first-order valence-electron chi connectivity index (χ1n) is 20.1. The quantitative estimate of drug-likeness (QED) is 0.178. The molecule has 8 aromatic rings. The van der Waals surface area contributed by atoms with E-state index in [1.165, 1.54) is 22.3 Å². The molecule has 7 heteroatoms. The highest BCUT2D eigenvalue weighted by Gasteiger charge is 2.32. The number of rotatable bonds is 4. The molecule has 0 fully saturated rings. The molecular formula is C53H39F3N4. The fraction of sp³-hybridized carbons (Fsp3) is 0.132. The number of hydrogen-bond donors (Lipinski definition) is 0. The molecule has 60 heavy (non-hydrogen) atoms. The summed E-state index contributed by atoms with van der Waals surface area (Å²) >= 11 is 0. The summed E-state index contributed by atoms with van der Waals surface area (Å²) in [6, 6.07) is 35.1. The highest BCUT2D eigenvalue weighted by Crippen LogP contribution is 2.40. The molecule has 0 saturated heterocycles. The zero-order chi connectivity index (χ0) is 41.4. The Morgan fingerprint density at radius 3 is 2.32 bits per heavy atom. The van der Waals surface area contributed by atoms with Gasteiger partial charge in [0, 0.05) is 21.7 Å². The lowest BCUT2D eigenvalue weighted by Crippen LogP contribution is -2.20. The van der Waals surface area contributed by atoms with Crippen molar-refractivity contribution >= 4 is 44.4 Å². The summed E-state index contributed by atoms with van der Waals surface area (Å²) in [5.74, 6) is 0.546. The predicted molar refractivity (Wildman–Crippen MR) is 238 cm³/mol. The van der Waals surface area contributed by atoms with E-state index in [9.17, 15) is 18.4 Å². The fourth-order valence-corrected chi connectivity index (χ4v) is 9.32. The monoisotopic (exact) mass is 788 g/mol. The molecule has 0 spiro atoms. The SMILES string of the molecule is CC1=CCC(=c2ccc3c4c(n(-c5cnc(-n6c7ccccc7c7ccc(-c8ccc(C)cc8C)cc76)cc5-c5cc(C#N)cc(C(F)(F)F)c5)c3c2)=CC=CC4)C(C)=C1. The van der Waals surface area contributed by atoms with Gasteiger partial charge in [-0.2, -0.15) is 18.4 Å². The van der Waals surface area contributed by atoms with Crippen molar-refractivity contribution in [2.75, 3.05) is 0 Å². The second kappa shape index (κ2) is 14.0. The van der Waals surface area contributed by atoms with Crippen molar-refractivity contribution in [3.05, 3.63) is 183 Å². The van der Waals surface area contributed by atoms with Crippen LogP contribution in [0.1, 0.15) is 48.1 Å². The minimum Gasteiger partial charge on any atom is -0.307 e. The molecule has 0 bridgehead atoms. The molecule has 0 unspecified atom stereocenters. The van der Waals surface area contributed by atoms with E-state index in [1.807, 2.05) is 36.4 Å². The lowest BCUT2D eigenvalue weighted by atomic mass is 9.93. The second-order valence-corrected chi connectivity index (χ2v) is 16.1. The molecule has 0 radical (unpaired) electrons. The molecule has 0 atom stereocenters. The Balaban J connectivity index is 1.30. The Hall–Kier alpha value is -7.17. The van der Waals surface area contributed by atoms with Crippen molar-refractivity contribution in [3.8, 4) is 39.8 Å². The van der Waals surface area contributed by atoms with Gasteiger partial charge >= 0.3 is 6.18 Å². The van der Waals surface area contributed by atoms with Gasteiger partial charge in [0.1, 0.15) is 5.82 Å². The molecule has 2 aliphatic rings. The van der Waals surface area contributed by atoms with E-state index in [1.54, 1.807) is 12.3 Å². The van der Waals surface area contributed by atoms with Gasteiger partial charge in [0.25, 0.3) is 0 Å². The summed E-state index contributed by atoms with van der Waals surface area (Å²) in [5.41, 5.74) is 12.5. The Bertz CT molecular complexity index is 3420. The Labute approximate surface area is 345 Å². The zero-order valence-electron chi connectivity index (χ0n) is 33.6. The minimum absolute atomic E-state index is 0.0744. The molecule has 0 amide bonds. The van der Waals surface area contributed by atoms with Crippen LogP contribution < -0.4 is 10.6 Å². The highest BCUT2D eigenvalue weighted by molar-refractivity contribution is 6.10.